The summed E-state index contributed by atoms with van der Waals surface area (Å²) < 4.78 is 0. The molecule has 0 fully saturated rings. The molecule has 0 saturated carbocycles. The van der Waals surface area contributed by atoms with E-state index in [9.17, 15) is 9.59 Å². The first-order valence-electron chi connectivity index (χ1n) is 9.80. The smallest absolute Gasteiger partial charge is 0.261 e. The summed E-state index contributed by atoms with van der Waals surface area (Å²) in [6.45, 7) is 11.7. The maximum atomic E-state index is 12.3. The second-order valence-corrected chi connectivity index (χ2v) is 7.81. The van der Waals surface area contributed by atoms with Crippen LogP contribution in [0.5, 0.6) is 0 Å². The first kappa shape index (κ1) is 20.2. The topological polar surface area (TPSA) is 41.7 Å². The predicted molar refractivity (Wildman–Crippen MR) is 104 cm³/mol. The third kappa shape index (κ3) is 5.42. The Morgan fingerprint density at radius 3 is 1.81 bits per heavy atom. The molecule has 1 aliphatic heterocycles. The molecule has 0 spiro atoms. The maximum absolute atomic E-state index is 12.3. The summed E-state index contributed by atoms with van der Waals surface area (Å²) in [6.07, 6.45) is 10.1. The molecule has 0 aromatic heterocycles. The highest BCUT2D eigenvalue weighted by atomic mass is 16.2. The van der Waals surface area contributed by atoms with Gasteiger partial charge in [-0.15, -0.1) is 0 Å². The van der Waals surface area contributed by atoms with Crippen LogP contribution in [0.15, 0.2) is 24.3 Å². The molecule has 1 aromatic carbocycles. The highest BCUT2D eigenvalue weighted by molar-refractivity contribution is 6.21. The number of carbonyl (C=O) groups excluding carboxylic acids is 2. The van der Waals surface area contributed by atoms with Gasteiger partial charge in [-0.05, 0) is 25.0 Å². The first-order valence-corrected chi connectivity index (χ1v) is 9.80. The van der Waals surface area contributed by atoms with Crippen LogP contribution in [0, 0.1) is 6.57 Å². The minimum atomic E-state index is -0.204. The van der Waals surface area contributed by atoms with Crippen molar-refractivity contribution in [2.45, 2.75) is 77.2 Å². The number of carbonyl (C=O) groups is 2. The highest BCUT2D eigenvalue weighted by Crippen LogP contribution is 2.23. The number of hydrogen-bond donors (Lipinski definition) is 0. The minimum Gasteiger partial charge on any atom is -0.311 e. The Kier molecular flexibility index (Phi) is 7.38. The van der Waals surface area contributed by atoms with Crippen LogP contribution in [0.3, 0.4) is 0 Å². The molecule has 0 N–H and O–H groups in total. The summed E-state index contributed by atoms with van der Waals surface area (Å²) in [4.78, 5) is 29.5. The Morgan fingerprint density at radius 1 is 0.846 bits per heavy atom. The highest BCUT2D eigenvalue weighted by Gasteiger charge is 2.34. The minimum absolute atomic E-state index is 0.145. The van der Waals surface area contributed by atoms with E-state index in [2.05, 4.69) is 4.85 Å². The summed E-state index contributed by atoms with van der Waals surface area (Å²) in [6, 6.07) is 7.07. The van der Waals surface area contributed by atoms with Crippen LogP contribution in [0.25, 0.3) is 4.85 Å². The van der Waals surface area contributed by atoms with Gasteiger partial charge in [0.2, 0.25) is 5.54 Å². The van der Waals surface area contributed by atoms with Crippen molar-refractivity contribution in [1.82, 2.24) is 4.90 Å². The van der Waals surface area contributed by atoms with Crippen molar-refractivity contribution < 1.29 is 9.59 Å². The van der Waals surface area contributed by atoms with Crippen molar-refractivity contribution in [3.8, 4) is 0 Å². The molecule has 140 valence electrons. The van der Waals surface area contributed by atoms with Crippen LogP contribution >= 0.6 is 0 Å². The summed E-state index contributed by atoms with van der Waals surface area (Å²) >= 11 is 0. The van der Waals surface area contributed by atoms with Gasteiger partial charge in [-0.3, -0.25) is 14.5 Å². The number of imide groups is 1. The van der Waals surface area contributed by atoms with Crippen LogP contribution in [0.2, 0.25) is 0 Å². The molecule has 0 aliphatic carbocycles. The molecule has 0 bridgehead atoms. The van der Waals surface area contributed by atoms with Crippen LogP contribution in [0.4, 0.5) is 0 Å². The zero-order valence-corrected chi connectivity index (χ0v) is 16.1. The molecule has 4 nitrogen and oxygen atoms in total. The summed E-state index contributed by atoms with van der Waals surface area (Å²) in [5, 5.41) is 0. The van der Waals surface area contributed by atoms with Crippen molar-refractivity contribution >= 4 is 11.8 Å². The van der Waals surface area contributed by atoms with Crippen LogP contribution in [-0.4, -0.2) is 28.8 Å². The largest absolute Gasteiger partial charge is 0.311 e. The lowest BCUT2D eigenvalue weighted by molar-refractivity contribution is 0.0651. The van der Waals surface area contributed by atoms with Crippen LogP contribution in [-0.2, 0) is 0 Å². The number of rotatable bonds is 11. The monoisotopic (exact) mass is 354 g/mol. The number of hydrogen-bond acceptors (Lipinski definition) is 2. The van der Waals surface area contributed by atoms with Crippen molar-refractivity contribution in [1.29, 1.82) is 0 Å². The molecular formula is C22H30N2O2. The van der Waals surface area contributed by atoms with Crippen LogP contribution < -0.4 is 0 Å². The molecular weight excluding hydrogens is 324 g/mol. The van der Waals surface area contributed by atoms with E-state index >= 15 is 0 Å². The van der Waals surface area contributed by atoms with Gasteiger partial charge in [-0.2, -0.15) is 0 Å². The second kappa shape index (κ2) is 9.52. The predicted octanol–water partition coefficient (Wildman–Crippen LogP) is 5.49. The number of unbranched alkanes of at least 4 members (excludes halogenated alkanes) is 7. The number of benzene rings is 1. The van der Waals surface area contributed by atoms with E-state index in [1.54, 1.807) is 24.3 Å². The van der Waals surface area contributed by atoms with Gasteiger partial charge in [-0.25, -0.2) is 6.57 Å². The average molecular weight is 354 g/mol. The van der Waals surface area contributed by atoms with E-state index in [4.69, 9.17) is 6.57 Å². The fraction of sp³-hybridized carbons (Fsp3) is 0.591. The lowest BCUT2D eigenvalue weighted by atomic mass is 9.97. The van der Waals surface area contributed by atoms with Gasteiger partial charge in [0.1, 0.15) is 0 Å². The van der Waals surface area contributed by atoms with Crippen LogP contribution in [0.1, 0.15) is 92.4 Å². The molecule has 4 heteroatoms. The molecule has 0 saturated heterocycles. The van der Waals surface area contributed by atoms with E-state index in [0.29, 0.717) is 17.7 Å². The Labute approximate surface area is 157 Å². The van der Waals surface area contributed by atoms with Gasteiger partial charge in [0, 0.05) is 26.8 Å². The molecule has 26 heavy (non-hydrogen) atoms. The average Bonchev–Trinajstić information content (AvgIpc) is 2.88. The standard InChI is InChI=1S/C22H30N2O2/c1-22(2,23-3)16-12-8-6-4-5-7-9-13-17-24-20(25)18-14-10-11-15-19(18)21(24)26/h10-11,14-15H,4-9,12-13,16-17H2,1-2H3. The number of amides is 2. The zero-order chi connectivity index (χ0) is 19.0. The molecule has 0 unspecified atom stereocenters. The normalized spacial score (nSPS) is 13.8. The van der Waals surface area contributed by atoms with E-state index in [0.717, 1.165) is 32.1 Å². The molecule has 0 radical (unpaired) electrons. The molecule has 2 rings (SSSR count). The lowest BCUT2D eigenvalue weighted by Crippen LogP contribution is -2.30. The molecule has 1 heterocycles. The van der Waals surface area contributed by atoms with Gasteiger partial charge in [0.25, 0.3) is 11.8 Å². The van der Waals surface area contributed by atoms with Gasteiger partial charge < -0.3 is 4.85 Å². The summed E-state index contributed by atoms with van der Waals surface area (Å²) in [5.74, 6) is -0.291. The fourth-order valence-electron chi connectivity index (χ4n) is 3.39. The second-order valence-electron chi connectivity index (χ2n) is 7.81. The van der Waals surface area contributed by atoms with Crippen molar-refractivity contribution in [3.05, 3.63) is 46.8 Å². The maximum Gasteiger partial charge on any atom is 0.261 e. The van der Waals surface area contributed by atoms with Gasteiger partial charge in [0.05, 0.1) is 11.1 Å². The zero-order valence-electron chi connectivity index (χ0n) is 16.1. The van der Waals surface area contributed by atoms with E-state index < -0.39 is 0 Å². The van der Waals surface area contributed by atoms with Crippen molar-refractivity contribution in [2.75, 3.05) is 6.54 Å². The molecule has 0 atom stereocenters. The summed E-state index contributed by atoms with van der Waals surface area (Å²) in [7, 11) is 0. The third-order valence-electron chi connectivity index (χ3n) is 5.10. The van der Waals surface area contributed by atoms with E-state index in [1.807, 2.05) is 13.8 Å². The first-order chi connectivity index (χ1) is 12.5. The van der Waals surface area contributed by atoms with E-state index in [1.165, 1.54) is 30.6 Å². The molecule has 2 amide bonds. The Bertz CT molecular complexity index is 638. The van der Waals surface area contributed by atoms with Gasteiger partial charge in [-0.1, -0.05) is 50.7 Å². The number of fused-ring (bicyclic) bond motifs is 1. The van der Waals surface area contributed by atoms with Crippen molar-refractivity contribution in [2.24, 2.45) is 0 Å². The van der Waals surface area contributed by atoms with E-state index in [-0.39, 0.29) is 17.4 Å². The van der Waals surface area contributed by atoms with Gasteiger partial charge in [0.15, 0.2) is 0 Å². The third-order valence-corrected chi connectivity index (χ3v) is 5.10. The quantitative estimate of drug-likeness (QED) is 0.299. The Balaban J connectivity index is 1.52. The summed E-state index contributed by atoms with van der Waals surface area (Å²) in [5.41, 5.74) is 0.877. The number of nitrogens with zero attached hydrogens (tertiary/aromatic N) is 2. The van der Waals surface area contributed by atoms with Crippen molar-refractivity contribution in [3.63, 3.8) is 0 Å². The Morgan fingerprint density at radius 2 is 1.31 bits per heavy atom. The fourth-order valence-corrected chi connectivity index (χ4v) is 3.39. The SMILES string of the molecule is [C-]#[N+]C(C)(C)CCCCCCCCCCN1C(=O)c2ccccc2C1=O. The molecule has 1 aromatic rings. The van der Waals surface area contributed by atoms with Gasteiger partial charge >= 0.3 is 0 Å². The lowest BCUT2D eigenvalue weighted by Gasteiger charge is -2.13. The Hall–Kier alpha value is -2.15. The molecule has 1 aliphatic rings.